The SMILES string of the molecule is Cc1nnc(NCc2sc(C)nc2C)s1. The molecule has 2 heterocycles. The molecular weight excluding hydrogens is 228 g/mol. The number of nitrogens with zero attached hydrogens (tertiary/aromatic N) is 3. The standard InChI is InChI=1S/C9H12N4S2/c1-5-8(14-6(2)11-5)4-10-9-13-12-7(3)15-9/h4H2,1-3H3,(H,10,13). The summed E-state index contributed by atoms with van der Waals surface area (Å²) < 4.78 is 0. The molecule has 6 heteroatoms. The van der Waals surface area contributed by atoms with E-state index < -0.39 is 0 Å². The van der Waals surface area contributed by atoms with Gasteiger partial charge in [-0.05, 0) is 20.8 Å². The summed E-state index contributed by atoms with van der Waals surface area (Å²) in [5.41, 5.74) is 1.10. The summed E-state index contributed by atoms with van der Waals surface area (Å²) in [5, 5.41) is 14.2. The lowest BCUT2D eigenvalue weighted by molar-refractivity contribution is 1.02. The third-order valence-electron chi connectivity index (χ3n) is 1.93. The van der Waals surface area contributed by atoms with Crippen LogP contribution in [-0.4, -0.2) is 15.2 Å². The second kappa shape index (κ2) is 4.24. The number of aromatic nitrogens is 3. The normalized spacial score (nSPS) is 10.6. The molecule has 0 aliphatic heterocycles. The minimum atomic E-state index is 0.784. The van der Waals surface area contributed by atoms with Crippen molar-refractivity contribution in [2.45, 2.75) is 27.3 Å². The highest BCUT2D eigenvalue weighted by Gasteiger charge is 2.05. The lowest BCUT2D eigenvalue weighted by Crippen LogP contribution is -1.98. The summed E-state index contributed by atoms with van der Waals surface area (Å²) in [4.78, 5) is 5.64. The van der Waals surface area contributed by atoms with Crippen LogP contribution in [0.5, 0.6) is 0 Å². The third-order valence-corrected chi connectivity index (χ3v) is 3.80. The molecule has 0 spiro atoms. The van der Waals surface area contributed by atoms with Crippen LogP contribution in [0.1, 0.15) is 20.6 Å². The number of hydrogen-bond acceptors (Lipinski definition) is 6. The Bertz CT molecular complexity index is 460. The van der Waals surface area contributed by atoms with Gasteiger partial charge in [-0.25, -0.2) is 4.98 Å². The minimum Gasteiger partial charge on any atom is -0.355 e. The number of thiazole rings is 1. The van der Waals surface area contributed by atoms with E-state index in [1.54, 1.807) is 22.7 Å². The monoisotopic (exact) mass is 240 g/mol. The molecule has 80 valence electrons. The first-order valence-corrected chi connectivity index (χ1v) is 6.25. The molecule has 0 aromatic carbocycles. The lowest BCUT2D eigenvalue weighted by Gasteiger charge is -1.98. The van der Waals surface area contributed by atoms with Crippen LogP contribution in [0.3, 0.4) is 0 Å². The van der Waals surface area contributed by atoms with Crippen LogP contribution in [-0.2, 0) is 6.54 Å². The fraction of sp³-hybridized carbons (Fsp3) is 0.444. The quantitative estimate of drug-likeness (QED) is 0.895. The molecular formula is C9H12N4S2. The van der Waals surface area contributed by atoms with Crippen molar-refractivity contribution in [3.8, 4) is 0 Å². The molecule has 1 N–H and O–H groups in total. The fourth-order valence-electron chi connectivity index (χ4n) is 1.26. The van der Waals surface area contributed by atoms with E-state index in [0.29, 0.717) is 0 Å². The summed E-state index contributed by atoms with van der Waals surface area (Å²) in [7, 11) is 0. The van der Waals surface area contributed by atoms with Gasteiger partial charge < -0.3 is 5.32 Å². The van der Waals surface area contributed by atoms with E-state index in [2.05, 4.69) is 20.5 Å². The first-order valence-electron chi connectivity index (χ1n) is 4.62. The molecule has 0 aliphatic rings. The van der Waals surface area contributed by atoms with Crippen molar-refractivity contribution in [2.24, 2.45) is 0 Å². The van der Waals surface area contributed by atoms with Crippen molar-refractivity contribution in [1.29, 1.82) is 0 Å². The zero-order chi connectivity index (χ0) is 10.8. The van der Waals surface area contributed by atoms with Gasteiger partial charge in [-0.15, -0.1) is 21.5 Å². The van der Waals surface area contributed by atoms with Crippen LogP contribution in [0.4, 0.5) is 5.13 Å². The zero-order valence-electron chi connectivity index (χ0n) is 8.87. The van der Waals surface area contributed by atoms with Gasteiger partial charge in [0.25, 0.3) is 0 Å². The maximum absolute atomic E-state index is 4.37. The van der Waals surface area contributed by atoms with Crippen molar-refractivity contribution >= 4 is 27.8 Å². The summed E-state index contributed by atoms with van der Waals surface area (Å²) in [6.07, 6.45) is 0. The van der Waals surface area contributed by atoms with Crippen LogP contribution in [0, 0.1) is 20.8 Å². The van der Waals surface area contributed by atoms with Crippen molar-refractivity contribution in [3.05, 3.63) is 20.6 Å². The predicted octanol–water partition coefficient (Wildman–Crippen LogP) is 2.53. The summed E-state index contributed by atoms with van der Waals surface area (Å²) in [6, 6.07) is 0. The molecule has 2 aromatic heterocycles. The number of rotatable bonds is 3. The summed E-state index contributed by atoms with van der Waals surface area (Å²) in [5.74, 6) is 0. The minimum absolute atomic E-state index is 0.784. The molecule has 0 amide bonds. The fourth-order valence-corrected chi connectivity index (χ4v) is 2.73. The Balaban J connectivity index is 2.01. The van der Waals surface area contributed by atoms with Crippen molar-refractivity contribution in [3.63, 3.8) is 0 Å². The first-order chi connectivity index (χ1) is 7.15. The lowest BCUT2D eigenvalue weighted by atomic mass is 10.4. The van der Waals surface area contributed by atoms with Crippen LogP contribution in [0.15, 0.2) is 0 Å². The topological polar surface area (TPSA) is 50.7 Å². The van der Waals surface area contributed by atoms with Gasteiger partial charge in [-0.1, -0.05) is 11.3 Å². The van der Waals surface area contributed by atoms with Crippen LogP contribution in [0.25, 0.3) is 0 Å². The van der Waals surface area contributed by atoms with Gasteiger partial charge in [-0.3, -0.25) is 0 Å². The van der Waals surface area contributed by atoms with Crippen molar-refractivity contribution < 1.29 is 0 Å². The molecule has 0 fully saturated rings. The molecule has 0 atom stereocenters. The van der Waals surface area contributed by atoms with Gasteiger partial charge in [0.15, 0.2) is 0 Å². The van der Waals surface area contributed by atoms with Crippen molar-refractivity contribution in [2.75, 3.05) is 5.32 Å². The average molecular weight is 240 g/mol. The zero-order valence-corrected chi connectivity index (χ0v) is 10.5. The van der Waals surface area contributed by atoms with Crippen molar-refractivity contribution in [1.82, 2.24) is 15.2 Å². The van der Waals surface area contributed by atoms with Crippen LogP contribution >= 0.6 is 22.7 Å². The molecule has 2 aromatic rings. The average Bonchev–Trinajstić information content (AvgIpc) is 2.70. The first kappa shape index (κ1) is 10.5. The predicted molar refractivity (Wildman–Crippen MR) is 63.6 cm³/mol. The highest BCUT2D eigenvalue weighted by molar-refractivity contribution is 7.15. The van der Waals surface area contributed by atoms with Gasteiger partial charge in [-0.2, -0.15) is 0 Å². The van der Waals surface area contributed by atoms with E-state index >= 15 is 0 Å². The second-order valence-corrected chi connectivity index (χ2v) is 5.69. The maximum Gasteiger partial charge on any atom is 0.205 e. The Morgan fingerprint density at radius 2 is 1.87 bits per heavy atom. The highest BCUT2D eigenvalue weighted by Crippen LogP contribution is 2.20. The molecule has 0 aliphatic carbocycles. The Morgan fingerprint density at radius 1 is 1.07 bits per heavy atom. The van der Waals surface area contributed by atoms with Gasteiger partial charge in [0, 0.05) is 4.88 Å². The van der Waals surface area contributed by atoms with E-state index in [4.69, 9.17) is 0 Å². The van der Waals surface area contributed by atoms with E-state index in [9.17, 15) is 0 Å². The molecule has 0 saturated carbocycles. The van der Waals surface area contributed by atoms with Crippen LogP contribution in [0.2, 0.25) is 0 Å². The summed E-state index contributed by atoms with van der Waals surface area (Å²) in [6.45, 7) is 6.79. The molecule has 0 radical (unpaired) electrons. The maximum atomic E-state index is 4.37. The third kappa shape index (κ3) is 2.51. The van der Waals surface area contributed by atoms with Gasteiger partial charge >= 0.3 is 0 Å². The summed E-state index contributed by atoms with van der Waals surface area (Å²) >= 11 is 3.29. The smallest absolute Gasteiger partial charge is 0.205 e. The van der Waals surface area contributed by atoms with Gasteiger partial charge in [0.1, 0.15) is 5.01 Å². The molecule has 4 nitrogen and oxygen atoms in total. The van der Waals surface area contributed by atoms with Gasteiger partial charge in [0.2, 0.25) is 5.13 Å². The van der Waals surface area contributed by atoms with E-state index in [1.807, 2.05) is 20.8 Å². The Hall–Kier alpha value is -1.01. The highest BCUT2D eigenvalue weighted by atomic mass is 32.1. The van der Waals surface area contributed by atoms with Gasteiger partial charge in [0.05, 0.1) is 17.2 Å². The number of anilines is 1. The second-order valence-electron chi connectivity index (χ2n) is 3.22. The number of hydrogen-bond donors (Lipinski definition) is 1. The number of aryl methyl sites for hydroxylation is 3. The number of nitrogens with one attached hydrogen (secondary N) is 1. The Morgan fingerprint density at radius 3 is 2.40 bits per heavy atom. The van der Waals surface area contributed by atoms with E-state index in [0.717, 1.165) is 27.4 Å². The van der Waals surface area contributed by atoms with E-state index in [-0.39, 0.29) is 0 Å². The van der Waals surface area contributed by atoms with Crippen LogP contribution < -0.4 is 5.32 Å². The Labute approximate surface area is 96.4 Å². The largest absolute Gasteiger partial charge is 0.355 e. The Kier molecular flexibility index (Phi) is 2.97. The molecule has 15 heavy (non-hydrogen) atoms. The van der Waals surface area contributed by atoms with E-state index in [1.165, 1.54) is 4.88 Å². The molecule has 0 bridgehead atoms. The molecule has 0 unspecified atom stereocenters. The molecule has 0 saturated heterocycles. The molecule has 2 rings (SSSR count).